The maximum Gasteiger partial charge on any atom is 0.246 e. The molecule has 0 spiro atoms. The minimum atomic E-state index is -0.803. The molecular formula is C16H30N2O3. The van der Waals surface area contributed by atoms with Gasteiger partial charge in [-0.15, -0.1) is 0 Å². The molecule has 1 rings (SSSR count). The molecule has 1 atom stereocenters. The zero-order valence-electron chi connectivity index (χ0n) is 14.1. The van der Waals surface area contributed by atoms with Crippen LogP contribution in [0.1, 0.15) is 53.9 Å². The van der Waals surface area contributed by atoms with Crippen LogP contribution in [-0.2, 0) is 14.3 Å². The minimum Gasteiger partial charge on any atom is -0.380 e. The zero-order valence-corrected chi connectivity index (χ0v) is 14.1. The molecule has 1 aliphatic rings. The summed E-state index contributed by atoms with van der Waals surface area (Å²) in [6.07, 6.45) is 2.57. The van der Waals surface area contributed by atoms with Gasteiger partial charge in [-0.1, -0.05) is 27.2 Å². The first kappa shape index (κ1) is 18.0. The predicted octanol–water partition coefficient (Wildman–Crippen LogP) is 1.95. The summed E-state index contributed by atoms with van der Waals surface area (Å²) in [6, 6.07) is -0.383. The Balaban J connectivity index is 2.58. The van der Waals surface area contributed by atoms with E-state index in [1.807, 2.05) is 6.92 Å². The molecule has 1 aliphatic heterocycles. The van der Waals surface area contributed by atoms with Crippen LogP contribution in [0.3, 0.4) is 0 Å². The fourth-order valence-electron chi connectivity index (χ4n) is 2.43. The number of nitrogens with zero attached hydrogens (tertiary/aromatic N) is 1. The number of nitrogens with one attached hydrogen (secondary N) is 1. The highest BCUT2D eigenvalue weighted by Crippen LogP contribution is 2.22. The molecule has 0 aliphatic carbocycles. The Bertz CT molecular complexity index is 367. The monoisotopic (exact) mass is 298 g/mol. The van der Waals surface area contributed by atoms with Gasteiger partial charge in [-0.2, -0.15) is 0 Å². The lowest BCUT2D eigenvalue weighted by atomic mass is 9.94. The van der Waals surface area contributed by atoms with Crippen molar-refractivity contribution in [3.63, 3.8) is 0 Å². The van der Waals surface area contributed by atoms with Gasteiger partial charge < -0.3 is 15.0 Å². The molecule has 0 aromatic carbocycles. The summed E-state index contributed by atoms with van der Waals surface area (Å²) < 4.78 is 5.59. The summed E-state index contributed by atoms with van der Waals surface area (Å²) >= 11 is 0. The Morgan fingerprint density at radius 1 is 1.29 bits per heavy atom. The molecule has 1 fully saturated rings. The first-order chi connectivity index (χ1) is 9.80. The van der Waals surface area contributed by atoms with Gasteiger partial charge in [-0.05, 0) is 32.6 Å². The van der Waals surface area contributed by atoms with Gasteiger partial charge in [0.15, 0.2) is 0 Å². The number of ether oxygens (including phenoxy) is 1. The zero-order chi connectivity index (χ0) is 16.0. The van der Waals surface area contributed by atoms with Gasteiger partial charge >= 0.3 is 0 Å². The van der Waals surface area contributed by atoms with Crippen LogP contribution in [-0.4, -0.2) is 48.1 Å². The molecule has 1 saturated heterocycles. The normalized spacial score (nSPS) is 21.8. The molecule has 1 N–H and O–H groups in total. The third-order valence-electron chi connectivity index (χ3n) is 3.98. The smallest absolute Gasteiger partial charge is 0.246 e. The fraction of sp³-hybridized carbons (Fsp3) is 0.875. The van der Waals surface area contributed by atoms with Crippen LogP contribution in [0.15, 0.2) is 0 Å². The number of hydrogen-bond donors (Lipinski definition) is 1. The molecule has 122 valence electrons. The summed E-state index contributed by atoms with van der Waals surface area (Å²) in [5.41, 5.74) is -0.803. The van der Waals surface area contributed by atoms with Crippen LogP contribution in [0, 0.1) is 5.92 Å². The minimum absolute atomic E-state index is 0.00825. The van der Waals surface area contributed by atoms with E-state index in [9.17, 15) is 9.59 Å². The molecule has 2 amide bonds. The Labute approximate surface area is 128 Å². The molecule has 21 heavy (non-hydrogen) atoms. The molecule has 0 bridgehead atoms. The van der Waals surface area contributed by atoms with E-state index in [1.165, 1.54) is 0 Å². The van der Waals surface area contributed by atoms with E-state index in [-0.39, 0.29) is 17.9 Å². The van der Waals surface area contributed by atoms with Gasteiger partial charge in [0.1, 0.15) is 11.6 Å². The highest BCUT2D eigenvalue weighted by Gasteiger charge is 2.45. The number of hydrogen-bond acceptors (Lipinski definition) is 3. The van der Waals surface area contributed by atoms with E-state index < -0.39 is 5.54 Å². The van der Waals surface area contributed by atoms with Gasteiger partial charge in [0, 0.05) is 13.2 Å². The lowest BCUT2D eigenvalue weighted by Crippen LogP contribution is -2.68. The summed E-state index contributed by atoms with van der Waals surface area (Å²) in [5, 5.41) is 2.83. The molecule has 0 aromatic rings. The van der Waals surface area contributed by atoms with E-state index in [2.05, 4.69) is 19.2 Å². The highest BCUT2D eigenvalue weighted by molar-refractivity contribution is 5.99. The van der Waals surface area contributed by atoms with Gasteiger partial charge in [-0.3, -0.25) is 9.59 Å². The Morgan fingerprint density at radius 3 is 2.52 bits per heavy atom. The van der Waals surface area contributed by atoms with Crippen molar-refractivity contribution in [2.75, 3.05) is 19.8 Å². The molecule has 5 heteroatoms. The summed E-state index contributed by atoms with van der Waals surface area (Å²) in [5.74, 6) is 0.536. The largest absolute Gasteiger partial charge is 0.380 e. The number of amides is 2. The molecule has 0 saturated carbocycles. The Hall–Kier alpha value is -1.10. The van der Waals surface area contributed by atoms with Crippen LogP contribution in [0.2, 0.25) is 0 Å². The van der Waals surface area contributed by atoms with Crippen molar-refractivity contribution in [2.45, 2.75) is 65.5 Å². The number of piperazine rings is 1. The SMILES string of the molecule is CCCC1NC(=O)C(C)(C)N(CCOCCC(C)C)C1=O. The topological polar surface area (TPSA) is 58.6 Å². The van der Waals surface area contributed by atoms with Crippen LogP contribution in [0.5, 0.6) is 0 Å². The van der Waals surface area contributed by atoms with Crippen LogP contribution >= 0.6 is 0 Å². The van der Waals surface area contributed by atoms with Crippen molar-refractivity contribution in [3.8, 4) is 0 Å². The number of rotatable bonds is 8. The first-order valence-corrected chi connectivity index (χ1v) is 8.00. The summed E-state index contributed by atoms with van der Waals surface area (Å²) in [7, 11) is 0. The van der Waals surface area contributed by atoms with Crippen molar-refractivity contribution in [1.82, 2.24) is 10.2 Å². The third-order valence-corrected chi connectivity index (χ3v) is 3.98. The molecule has 1 unspecified atom stereocenters. The van der Waals surface area contributed by atoms with E-state index in [0.717, 1.165) is 12.8 Å². The molecular weight excluding hydrogens is 268 g/mol. The Kier molecular flexibility index (Phi) is 6.65. The lowest BCUT2D eigenvalue weighted by Gasteiger charge is -2.44. The van der Waals surface area contributed by atoms with Gasteiger partial charge in [0.2, 0.25) is 11.8 Å². The number of carbonyl (C=O) groups excluding carboxylic acids is 2. The average molecular weight is 298 g/mol. The van der Waals surface area contributed by atoms with Crippen molar-refractivity contribution in [2.24, 2.45) is 5.92 Å². The molecule has 0 radical (unpaired) electrons. The second-order valence-electron chi connectivity index (χ2n) is 6.66. The summed E-state index contributed by atoms with van der Waals surface area (Å²) in [4.78, 5) is 26.4. The van der Waals surface area contributed by atoms with E-state index >= 15 is 0 Å². The van der Waals surface area contributed by atoms with Gasteiger partial charge in [0.25, 0.3) is 0 Å². The maximum atomic E-state index is 12.5. The fourth-order valence-corrected chi connectivity index (χ4v) is 2.43. The standard InChI is InChI=1S/C16H30N2O3/c1-6-7-13-14(19)18(16(4,5)15(20)17-13)9-11-21-10-8-12(2)3/h12-13H,6-11H2,1-5H3,(H,17,20). The van der Waals surface area contributed by atoms with Crippen LogP contribution < -0.4 is 5.32 Å². The third kappa shape index (κ3) is 4.70. The number of carbonyl (C=O) groups is 2. The molecule has 1 heterocycles. The van der Waals surface area contributed by atoms with Gasteiger partial charge in [0.05, 0.1) is 6.61 Å². The van der Waals surface area contributed by atoms with Gasteiger partial charge in [-0.25, -0.2) is 0 Å². The van der Waals surface area contributed by atoms with Crippen molar-refractivity contribution < 1.29 is 14.3 Å². The van der Waals surface area contributed by atoms with Crippen molar-refractivity contribution in [1.29, 1.82) is 0 Å². The van der Waals surface area contributed by atoms with Crippen LogP contribution in [0.25, 0.3) is 0 Å². The van der Waals surface area contributed by atoms with E-state index in [0.29, 0.717) is 32.1 Å². The second kappa shape index (κ2) is 7.78. The highest BCUT2D eigenvalue weighted by atomic mass is 16.5. The van der Waals surface area contributed by atoms with Crippen molar-refractivity contribution >= 4 is 11.8 Å². The van der Waals surface area contributed by atoms with Crippen molar-refractivity contribution in [3.05, 3.63) is 0 Å². The first-order valence-electron chi connectivity index (χ1n) is 8.00. The van der Waals surface area contributed by atoms with E-state index in [4.69, 9.17) is 4.74 Å². The van der Waals surface area contributed by atoms with Crippen LogP contribution in [0.4, 0.5) is 0 Å². The summed E-state index contributed by atoms with van der Waals surface area (Å²) in [6.45, 7) is 11.5. The Morgan fingerprint density at radius 2 is 1.95 bits per heavy atom. The maximum absolute atomic E-state index is 12.5. The average Bonchev–Trinajstić information content (AvgIpc) is 2.39. The molecule has 5 nitrogen and oxygen atoms in total. The quantitative estimate of drug-likeness (QED) is 0.697. The second-order valence-corrected chi connectivity index (χ2v) is 6.66. The predicted molar refractivity (Wildman–Crippen MR) is 82.9 cm³/mol. The lowest BCUT2D eigenvalue weighted by molar-refractivity contribution is -0.156. The van der Waals surface area contributed by atoms with E-state index in [1.54, 1.807) is 18.7 Å². The molecule has 0 aromatic heterocycles.